The van der Waals surface area contributed by atoms with E-state index in [4.69, 9.17) is 21.1 Å². The number of nitrogens with one attached hydrogen (secondary N) is 1. The molecule has 0 unspecified atom stereocenters. The van der Waals surface area contributed by atoms with Gasteiger partial charge in [-0.3, -0.25) is 4.79 Å². The van der Waals surface area contributed by atoms with E-state index in [2.05, 4.69) is 5.32 Å². The zero-order valence-corrected chi connectivity index (χ0v) is 12.3. The van der Waals surface area contributed by atoms with Gasteiger partial charge in [-0.2, -0.15) is 0 Å². The Labute approximate surface area is 119 Å². The molecule has 0 fully saturated rings. The summed E-state index contributed by atoms with van der Waals surface area (Å²) in [7, 11) is 1.64. The highest BCUT2D eigenvalue weighted by Gasteiger charge is 2.16. The summed E-state index contributed by atoms with van der Waals surface area (Å²) in [5, 5.41) is 3.58. The molecular formula is C14H20ClNO3. The molecule has 0 aliphatic heterocycles. The molecule has 106 valence electrons. The average Bonchev–Trinajstić information content (AvgIpc) is 2.36. The van der Waals surface area contributed by atoms with Gasteiger partial charge in [0.15, 0.2) is 0 Å². The Morgan fingerprint density at radius 1 is 1.42 bits per heavy atom. The van der Waals surface area contributed by atoms with Crippen LogP contribution in [0, 0.1) is 0 Å². The van der Waals surface area contributed by atoms with Crippen LogP contribution >= 0.6 is 11.6 Å². The number of carbonyl (C=O) groups is 1. The van der Waals surface area contributed by atoms with Crippen molar-refractivity contribution in [2.24, 2.45) is 0 Å². The van der Waals surface area contributed by atoms with Crippen LogP contribution in [-0.4, -0.2) is 31.8 Å². The number of esters is 1. The monoisotopic (exact) mass is 285 g/mol. The fraction of sp³-hybridized carbons (Fsp3) is 0.500. The van der Waals surface area contributed by atoms with Crippen molar-refractivity contribution in [2.75, 3.05) is 25.6 Å². The average molecular weight is 286 g/mol. The van der Waals surface area contributed by atoms with Crippen LogP contribution in [0.2, 0.25) is 5.02 Å². The van der Waals surface area contributed by atoms with Gasteiger partial charge in [0.1, 0.15) is 6.54 Å². The summed E-state index contributed by atoms with van der Waals surface area (Å²) in [6, 6.07) is 7.19. The van der Waals surface area contributed by atoms with E-state index in [1.165, 1.54) is 0 Å². The number of halogens is 1. The first-order valence-corrected chi connectivity index (χ1v) is 6.51. The predicted molar refractivity (Wildman–Crippen MR) is 76.6 cm³/mol. The van der Waals surface area contributed by atoms with Gasteiger partial charge in [-0.15, -0.1) is 0 Å². The van der Waals surface area contributed by atoms with Crippen LogP contribution in [0.15, 0.2) is 24.3 Å². The van der Waals surface area contributed by atoms with Gasteiger partial charge in [0.2, 0.25) is 0 Å². The van der Waals surface area contributed by atoms with Crippen LogP contribution in [0.3, 0.4) is 0 Å². The smallest absolute Gasteiger partial charge is 0.325 e. The molecule has 1 aromatic carbocycles. The van der Waals surface area contributed by atoms with Gasteiger partial charge >= 0.3 is 5.97 Å². The Morgan fingerprint density at radius 2 is 2.16 bits per heavy atom. The van der Waals surface area contributed by atoms with Gasteiger partial charge in [-0.1, -0.05) is 17.7 Å². The fourth-order valence-corrected chi connectivity index (χ4v) is 1.53. The summed E-state index contributed by atoms with van der Waals surface area (Å²) in [5.41, 5.74) is 0.516. The summed E-state index contributed by atoms with van der Waals surface area (Å²) in [4.78, 5) is 11.5. The molecule has 1 aromatic rings. The first kappa shape index (κ1) is 15.8. The lowest BCUT2D eigenvalue weighted by atomic mass is 10.1. The third-order valence-corrected chi connectivity index (χ3v) is 3.02. The highest BCUT2D eigenvalue weighted by Crippen LogP contribution is 2.15. The molecule has 0 aromatic heterocycles. The number of carbonyl (C=O) groups excluding carboxylic acids is 1. The quantitative estimate of drug-likeness (QED) is 0.782. The molecule has 0 aliphatic rings. The molecule has 19 heavy (non-hydrogen) atoms. The third-order valence-electron chi connectivity index (χ3n) is 2.78. The predicted octanol–water partition coefficient (Wildman–Crippen LogP) is 3.11. The van der Waals surface area contributed by atoms with Crippen molar-refractivity contribution in [1.82, 2.24) is 0 Å². The van der Waals surface area contributed by atoms with Gasteiger partial charge in [0.25, 0.3) is 0 Å². The molecule has 0 atom stereocenters. The Morgan fingerprint density at radius 3 is 2.79 bits per heavy atom. The van der Waals surface area contributed by atoms with Crippen molar-refractivity contribution in [3.63, 3.8) is 0 Å². The van der Waals surface area contributed by atoms with Crippen molar-refractivity contribution in [2.45, 2.75) is 25.9 Å². The van der Waals surface area contributed by atoms with Crippen molar-refractivity contribution in [3.8, 4) is 0 Å². The molecule has 1 rings (SSSR count). The second kappa shape index (κ2) is 7.36. The van der Waals surface area contributed by atoms with Gasteiger partial charge in [-0.25, -0.2) is 0 Å². The van der Waals surface area contributed by atoms with Crippen LogP contribution < -0.4 is 5.32 Å². The van der Waals surface area contributed by atoms with Gasteiger partial charge in [0.05, 0.1) is 12.2 Å². The van der Waals surface area contributed by atoms with Gasteiger partial charge in [0, 0.05) is 24.2 Å². The zero-order valence-electron chi connectivity index (χ0n) is 11.5. The third kappa shape index (κ3) is 6.45. The number of benzene rings is 1. The minimum Gasteiger partial charge on any atom is -0.464 e. The molecule has 0 saturated carbocycles. The number of hydrogen-bond donors (Lipinski definition) is 1. The highest BCUT2D eigenvalue weighted by atomic mass is 35.5. The lowest BCUT2D eigenvalue weighted by Gasteiger charge is -2.22. The number of rotatable bonds is 7. The van der Waals surface area contributed by atoms with E-state index in [0.717, 1.165) is 5.69 Å². The molecule has 0 bridgehead atoms. The molecule has 0 heterocycles. The number of ether oxygens (including phenoxy) is 2. The maximum absolute atomic E-state index is 11.5. The first-order chi connectivity index (χ1) is 8.93. The van der Waals surface area contributed by atoms with Crippen molar-refractivity contribution in [3.05, 3.63) is 29.3 Å². The molecular weight excluding hydrogens is 266 g/mol. The summed E-state index contributed by atoms with van der Waals surface area (Å²) in [6.45, 7) is 4.36. The molecule has 0 amide bonds. The number of methoxy groups -OCH3 is 1. The van der Waals surface area contributed by atoms with Crippen LogP contribution in [-0.2, 0) is 14.3 Å². The number of hydrogen-bond acceptors (Lipinski definition) is 4. The van der Waals surface area contributed by atoms with Crippen LogP contribution in [0.5, 0.6) is 0 Å². The van der Waals surface area contributed by atoms with E-state index in [0.29, 0.717) is 18.1 Å². The first-order valence-electron chi connectivity index (χ1n) is 6.13. The Kier molecular flexibility index (Phi) is 6.12. The minimum absolute atomic E-state index is 0.119. The van der Waals surface area contributed by atoms with Crippen LogP contribution in [0.25, 0.3) is 0 Å². The van der Waals surface area contributed by atoms with Crippen molar-refractivity contribution in [1.29, 1.82) is 0 Å². The largest absolute Gasteiger partial charge is 0.464 e. The lowest BCUT2D eigenvalue weighted by molar-refractivity contribution is -0.143. The summed E-state index contributed by atoms with van der Waals surface area (Å²) in [6.07, 6.45) is 0.659. The highest BCUT2D eigenvalue weighted by molar-refractivity contribution is 6.30. The van der Waals surface area contributed by atoms with E-state index >= 15 is 0 Å². The maximum Gasteiger partial charge on any atom is 0.325 e. The SMILES string of the molecule is COC(C)(C)CCOC(=O)CNc1cccc(Cl)c1. The van der Waals surface area contributed by atoms with Crippen LogP contribution in [0.1, 0.15) is 20.3 Å². The van der Waals surface area contributed by atoms with E-state index in [1.54, 1.807) is 19.2 Å². The van der Waals surface area contributed by atoms with Crippen molar-refractivity contribution >= 4 is 23.3 Å². The fourth-order valence-electron chi connectivity index (χ4n) is 1.34. The van der Waals surface area contributed by atoms with Crippen LogP contribution in [0.4, 0.5) is 5.69 Å². The van der Waals surface area contributed by atoms with Gasteiger partial charge < -0.3 is 14.8 Å². The second-order valence-electron chi connectivity index (χ2n) is 4.80. The molecule has 5 heteroatoms. The standard InChI is InChI=1S/C14H20ClNO3/c1-14(2,18-3)7-8-19-13(17)10-16-12-6-4-5-11(15)9-12/h4-6,9,16H,7-8,10H2,1-3H3. The van der Waals surface area contributed by atoms with E-state index in [1.807, 2.05) is 26.0 Å². The van der Waals surface area contributed by atoms with Gasteiger partial charge in [-0.05, 0) is 32.0 Å². The minimum atomic E-state index is -0.299. The Balaban J connectivity index is 2.25. The molecule has 4 nitrogen and oxygen atoms in total. The lowest BCUT2D eigenvalue weighted by Crippen LogP contribution is -2.26. The molecule has 0 aliphatic carbocycles. The maximum atomic E-state index is 11.5. The number of anilines is 1. The summed E-state index contributed by atoms with van der Waals surface area (Å²) < 4.78 is 10.4. The molecule has 0 saturated heterocycles. The zero-order chi connectivity index (χ0) is 14.3. The normalized spacial score (nSPS) is 11.2. The second-order valence-corrected chi connectivity index (χ2v) is 5.23. The molecule has 1 N–H and O–H groups in total. The van der Waals surface area contributed by atoms with E-state index in [-0.39, 0.29) is 18.1 Å². The topological polar surface area (TPSA) is 47.6 Å². The van der Waals surface area contributed by atoms with E-state index < -0.39 is 0 Å². The van der Waals surface area contributed by atoms with E-state index in [9.17, 15) is 4.79 Å². The molecule has 0 spiro atoms. The molecule has 0 radical (unpaired) electrons. The Hall–Kier alpha value is -1.26. The summed E-state index contributed by atoms with van der Waals surface area (Å²) >= 11 is 5.84. The van der Waals surface area contributed by atoms with Crippen molar-refractivity contribution < 1.29 is 14.3 Å². The Bertz CT molecular complexity index is 421. The summed E-state index contributed by atoms with van der Waals surface area (Å²) in [5.74, 6) is -0.299.